The summed E-state index contributed by atoms with van der Waals surface area (Å²) >= 11 is 0. The first-order valence-corrected chi connectivity index (χ1v) is 9.18. The van der Waals surface area contributed by atoms with Crippen molar-refractivity contribution in [1.82, 2.24) is 10.2 Å². The van der Waals surface area contributed by atoms with Crippen LogP contribution in [0, 0.1) is 10.1 Å². The summed E-state index contributed by atoms with van der Waals surface area (Å²) < 4.78 is 11.2. The van der Waals surface area contributed by atoms with E-state index in [9.17, 15) is 10.1 Å². The number of aliphatic imine (C=N–C) groups is 1. The number of nitrogens with one attached hydrogen (secondary N) is 1. The lowest BCUT2D eigenvalue weighted by atomic mass is 10.2. The minimum Gasteiger partial charge on any atom is -0.486 e. The molecule has 0 radical (unpaired) electrons. The van der Waals surface area contributed by atoms with Crippen LogP contribution in [0.2, 0.25) is 0 Å². The molecular formula is C20H24N4O4. The van der Waals surface area contributed by atoms with E-state index in [1.165, 1.54) is 12.1 Å². The number of hydrogen-bond donors (Lipinski definition) is 1. The predicted molar refractivity (Wildman–Crippen MR) is 107 cm³/mol. The van der Waals surface area contributed by atoms with Gasteiger partial charge in [0, 0.05) is 32.3 Å². The van der Waals surface area contributed by atoms with E-state index in [1.54, 1.807) is 12.1 Å². The lowest BCUT2D eigenvalue weighted by Gasteiger charge is -2.24. The van der Waals surface area contributed by atoms with Crippen molar-refractivity contribution in [3.63, 3.8) is 0 Å². The Morgan fingerprint density at radius 1 is 1.14 bits per heavy atom. The summed E-state index contributed by atoms with van der Waals surface area (Å²) in [6.07, 6.45) is 0. The maximum Gasteiger partial charge on any atom is 0.269 e. The fourth-order valence-corrected chi connectivity index (χ4v) is 2.89. The maximum atomic E-state index is 10.8. The van der Waals surface area contributed by atoms with E-state index in [-0.39, 0.29) is 5.69 Å². The minimum absolute atomic E-state index is 0.0790. The summed E-state index contributed by atoms with van der Waals surface area (Å²) in [5, 5.41) is 14.0. The highest BCUT2D eigenvalue weighted by Crippen LogP contribution is 2.31. The molecule has 0 spiro atoms. The van der Waals surface area contributed by atoms with Gasteiger partial charge in [-0.15, -0.1) is 0 Å². The van der Waals surface area contributed by atoms with E-state index < -0.39 is 4.92 Å². The van der Waals surface area contributed by atoms with Crippen LogP contribution in [0.5, 0.6) is 11.5 Å². The maximum absolute atomic E-state index is 10.8. The average molecular weight is 384 g/mol. The molecule has 1 heterocycles. The van der Waals surface area contributed by atoms with E-state index in [0.717, 1.165) is 35.1 Å². The minimum atomic E-state index is -0.405. The second-order valence-electron chi connectivity index (χ2n) is 6.43. The number of guanidine groups is 1. The number of fused-ring (bicyclic) bond motifs is 1. The van der Waals surface area contributed by atoms with Crippen LogP contribution in [-0.2, 0) is 13.1 Å². The van der Waals surface area contributed by atoms with Gasteiger partial charge in [0.05, 0.1) is 11.5 Å². The summed E-state index contributed by atoms with van der Waals surface area (Å²) in [4.78, 5) is 17.0. The van der Waals surface area contributed by atoms with E-state index in [0.29, 0.717) is 26.3 Å². The molecule has 2 aromatic rings. The molecule has 0 saturated carbocycles. The van der Waals surface area contributed by atoms with Crippen LogP contribution >= 0.6 is 0 Å². The van der Waals surface area contributed by atoms with Gasteiger partial charge in [0.2, 0.25) is 0 Å². The molecule has 1 N–H and O–H groups in total. The second kappa shape index (κ2) is 9.07. The Bertz CT molecular complexity index is 852. The van der Waals surface area contributed by atoms with Gasteiger partial charge in [-0.2, -0.15) is 0 Å². The molecule has 0 atom stereocenters. The van der Waals surface area contributed by atoms with Crippen LogP contribution in [0.4, 0.5) is 5.69 Å². The Morgan fingerprint density at radius 3 is 2.50 bits per heavy atom. The van der Waals surface area contributed by atoms with Crippen molar-refractivity contribution >= 4 is 11.6 Å². The molecule has 0 bridgehead atoms. The zero-order chi connectivity index (χ0) is 19.9. The molecule has 8 heteroatoms. The first kappa shape index (κ1) is 19.5. The second-order valence-corrected chi connectivity index (χ2v) is 6.43. The summed E-state index contributed by atoms with van der Waals surface area (Å²) in [5.41, 5.74) is 2.08. The Balaban J connectivity index is 1.68. The lowest BCUT2D eigenvalue weighted by Crippen LogP contribution is -2.38. The smallest absolute Gasteiger partial charge is 0.269 e. The summed E-state index contributed by atoms with van der Waals surface area (Å²) in [6, 6.07) is 12.4. The first-order valence-electron chi connectivity index (χ1n) is 9.18. The van der Waals surface area contributed by atoms with Gasteiger partial charge >= 0.3 is 0 Å². The van der Waals surface area contributed by atoms with Crippen molar-refractivity contribution in [3.8, 4) is 11.5 Å². The standard InChI is InChI=1S/C20H24N4O4/c1-3-21-20(22-13-15-4-7-17(8-5-15)24(25)26)23(2)14-16-6-9-18-19(12-16)28-11-10-27-18/h4-9,12H,3,10-11,13-14H2,1-2H3,(H,21,22). The van der Waals surface area contributed by atoms with Crippen LogP contribution < -0.4 is 14.8 Å². The van der Waals surface area contributed by atoms with Gasteiger partial charge in [-0.25, -0.2) is 4.99 Å². The lowest BCUT2D eigenvalue weighted by molar-refractivity contribution is -0.384. The molecule has 148 valence electrons. The fraction of sp³-hybridized carbons (Fsp3) is 0.350. The summed E-state index contributed by atoms with van der Waals surface area (Å²) in [5.74, 6) is 2.30. The zero-order valence-electron chi connectivity index (χ0n) is 16.1. The number of nitro benzene ring substituents is 1. The first-order chi connectivity index (χ1) is 13.6. The van der Waals surface area contributed by atoms with Crippen LogP contribution in [0.1, 0.15) is 18.1 Å². The molecule has 28 heavy (non-hydrogen) atoms. The molecular weight excluding hydrogens is 360 g/mol. The van der Waals surface area contributed by atoms with E-state index in [1.807, 2.05) is 37.1 Å². The number of rotatable bonds is 6. The SMILES string of the molecule is CCNC(=NCc1ccc([N+](=O)[O-])cc1)N(C)Cc1ccc2c(c1)OCCO2. The molecule has 8 nitrogen and oxygen atoms in total. The van der Waals surface area contributed by atoms with Gasteiger partial charge < -0.3 is 19.7 Å². The third kappa shape index (κ3) is 4.91. The van der Waals surface area contributed by atoms with E-state index >= 15 is 0 Å². The number of nitrogens with zero attached hydrogens (tertiary/aromatic N) is 3. The molecule has 1 aliphatic heterocycles. The van der Waals surface area contributed by atoms with E-state index in [2.05, 4.69) is 10.3 Å². The zero-order valence-corrected chi connectivity index (χ0v) is 16.1. The number of benzene rings is 2. The highest BCUT2D eigenvalue weighted by molar-refractivity contribution is 5.79. The van der Waals surface area contributed by atoms with Crippen molar-refractivity contribution in [2.45, 2.75) is 20.0 Å². The number of hydrogen-bond acceptors (Lipinski definition) is 5. The summed E-state index contributed by atoms with van der Waals surface area (Å²) in [7, 11) is 1.97. The van der Waals surface area contributed by atoms with Gasteiger partial charge in [0.25, 0.3) is 5.69 Å². The van der Waals surface area contributed by atoms with Gasteiger partial charge in [-0.3, -0.25) is 10.1 Å². The highest BCUT2D eigenvalue weighted by atomic mass is 16.6. The Morgan fingerprint density at radius 2 is 1.82 bits per heavy atom. The van der Waals surface area contributed by atoms with Crippen molar-refractivity contribution in [2.24, 2.45) is 4.99 Å². The molecule has 0 aliphatic carbocycles. The summed E-state index contributed by atoms with van der Waals surface area (Å²) in [6.45, 7) is 4.98. The molecule has 0 saturated heterocycles. The van der Waals surface area contributed by atoms with E-state index in [4.69, 9.17) is 9.47 Å². The number of nitro groups is 1. The van der Waals surface area contributed by atoms with Crippen LogP contribution in [-0.4, -0.2) is 42.6 Å². The van der Waals surface area contributed by atoms with Crippen molar-refractivity contribution in [3.05, 3.63) is 63.7 Å². The normalized spacial score (nSPS) is 13.1. The number of ether oxygens (including phenoxy) is 2. The monoisotopic (exact) mass is 384 g/mol. The van der Waals surface area contributed by atoms with Crippen LogP contribution in [0.25, 0.3) is 0 Å². The molecule has 0 aromatic heterocycles. The largest absolute Gasteiger partial charge is 0.486 e. The van der Waals surface area contributed by atoms with Crippen molar-refractivity contribution < 1.29 is 14.4 Å². The molecule has 1 aliphatic rings. The Hall–Kier alpha value is -3.29. The van der Waals surface area contributed by atoms with Crippen LogP contribution in [0.15, 0.2) is 47.5 Å². The molecule has 2 aromatic carbocycles. The Labute approximate surface area is 163 Å². The van der Waals surface area contributed by atoms with Crippen LogP contribution in [0.3, 0.4) is 0 Å². The molecule has 0 unspecified atom stereocenters. The van der Waals surface area contributed by atoms with Gasteiger partial charge in [0.15, 0.2) is 17.5 Å². The molecule has 0 fully saturated rings. The number of non-ortho nitro benzene ring substituents is 1. The van der Waals surface area contributed by atoms with Gasteiger partial charge in [-0.05, 0) is 30.2 Å². The quantitative estimate of drug-likeness (QED) is 0.356. The van der Waals surface area contributed by atoms with Gasteiger partial charge in [-0.1, -0.05) is 18.2 Å². The average Bonchev–Trinajstić information content (AvgIpc) is 2.71. The highest BCUT2D eigenvalue weighted by Gasteiger charge is 2.13. The Kier molecular flexibility index (Phi) is 6.31. The topological polar surface area (TPSA) is 89.2 Å². The van der Waals surface area contributed by atoms with Gasteiger partial charge in [0.1, 0.15) is 13.2 Å². The molecule has 0 amide bonds. The molecule has 3 rings (SSSR count). The third-order valence-electron chi connectivity index (χ3n) is 4.28. The van der Waals surface area contributed by atoms with Crippen molar-refractivity contribution in [2.75, 3.05) is 26.8 Å². The fourth-order valence-electron chi connectivity index (χ4n) is 2.89. The van der Waals surface area contributed by atoms with Crippen molar-refractivity contribution in [1.29, 1.82) is 0 Å². The third-order valence-corrected chi connectivity index (χ3v) is 4.28. The predicted octanol–water partition coefficient (Wildman–Crippen LogP) is 2.96.